The molecule has 0 unspecified atom stereocenters. The van der Waals surface area contributed by atoms with Gasteiger partial charge in [-0.15, -0.1) is 0 Å². The molecule has 1 aromatic carbocycles. The van der Waals surface area contributed by atoms with Crippen LogP contribution in [-0.2, 0) is 20.4 Å². The Morgan fingerprint density at radius 1 is 1.00 bits per heavy atom. The molecule has 0 aromatic heterocycles. The van der Waals surface area contributed by atoms with Crippen LogP contribution in [0.5, 0.6) is 5.75 Å². The van der Waals surface area contributed by atoms with E-state index in [2.05, 4.69) is 30.8 Å². The van der Waals surface area contributed by atoms with Gasteiger partial charge in [0, 0.05) is 43.7 Å². The fourth-order valence-corrected chi connectivity index (χ4v) is 2.50. The number of benzene rings is 1. The molecule has 0 bridgehead atoms. The lowest BCUT2D eigenvalue weighted by Crippen LogP contribution is -2.22. The molecule has 6 nitrogen and oxygen atoms in total. The second-order valence-electron chi connectivity index (χ2n) is 8.72. The number of nitrogens with one attached hydrogen (secondary N) is 1. The molecule has 150 valence electrons. The molecule has 0 saturated carbocycles. The van der Waals surface area contributed by atoms with Crippen molar-refractivity contribution in [2.75, 3.05) is 26.5 Å². The number of nitrogens with zero attached hydrogens (tertiary/aromatic N) is 1. The predicted octanol–water partition coefficient (Wildman–Crippen LogP) is 4.44. The Labute approximate surface area is 162 Å². The van der Waals surface area contributed by atoms with Gasteiger partial charge in [0.25, 0.3) is 0 Å². The van der Waals surface area contributed by atoms with E-state index < -0.39 is 6.16 Å². The number of ether oxygens (including phenoxy) is 2. The van der Waals surface area contributed by atoms with Gasteiger partial charge in [0.05, 0.1) is 7.11 Å². The topological polar surface area (TPSA) is 67.9 Å². The molecule has 0 heterocycles. The van der Waals surface area contributed by atoms with Crippen LogP contribution in [0.3, 0.4) is 0 Å². The van der Waals surface area contributed by atoms with Crippen LogP contribution in [0.25, 0.3) is 0 Å². The van der Waals surface area contributed by atoms with E-state index in [1.54, 1.807) is 17.2 Å². The Morgan fingerprint density at radius 3 is 2.00 bits per heavy atom. The zero-order valence-electron chi connectivity index (χ0n) is 17.9. The molecule has 0 aliphatic carbocycles. The van der Waals surface area contributed by atoms with Gasteiger partial charge in [-0.05, 0) is 22.5 Å². The average Bonchev–Trinajstić information content (AvgIpc) is 2.50. The Balaban J connectivity index is 3.52. The lowest BCUT2D eigenvalue weighted by Gasteiger charge is -2.29. The minimum atomic E-state index is -0.797. The summed E-state index contributed by atoms with van der Waals surface area (Å²) in [6.45, 7) is 12.3. The Kier molecular flexibility index (Phi) is 7.06. The van der Waals surface area contributed by atoms with Gasteiger partial charge in [0.1, 0.15) is 5.75 Å². The number of carbonyl (C=O) groups excluding carboxylic acids is 2. The minimum Gasteiger partial charge on any atom is -0.437 e. The summed E-state index contributed by atoms with van der Waals surface area (Å²) < 4.78 is 10.0. The zero-order valence-corrected chi connectivity index (χ0v) is 17.9. The molecular weight excluding hydrogens is 344 g/mol. The highest BCUT2D eigenvalue weighted by Gasteiger charge is 2.27. The summed E-state index contributed by atoms with van der Waals surface area (Å²) in [6, 6.07) is 3.68. The highest BCUT2D eigenvalue weighted by atomic mass is 16.7. The van der Waals surface area contributed by atoms with Crippen molar-refractivity contribution in [1.82, 2.24) is 4.90 Å². The summed E-state index contributed by atoms with van der Waals surface area (Å²) in [5.74, 6) is 0.107. The Morgan fingerprint density at radius 2 is 1.56 bits per heavy atom. The molecule has 0 radical (unpaired) electrons. The van der Waals surface area contributed by atoms with Gasteiger partial charge < -0.3 is 19.7 Å². The second kappa shape index (κ2) is 8.46. The fourth-order valence-electron chi connectivity index (χ4n) is 2.50. The van der Waals surface area contributed by atoms with E-state index >= 15 is 0 Å². The molecule has 6 heteroatoms. The maximum atomic E-state index is 12.3. The maximum absolute atomic E-state index is 12.3. The third kappa shape index (κ3) is 6.62. The van der Waals surface area contributed by atoms with Crippen molar-refractivity contribution in [1.29, 1.82) is 0 Å². The largest absolute Gasteiger partial charge is 0.513 e. The number of methoxy groups -OCH3 is 1. The smallest absolute Gasteiger partial charge is 0.437 e. The van der Waals surface area contributed by atoms with Gasteiger partial charge in [-0.3, -0.25) is 4.79 Å². The molecule has 1 N–H and O–H groups in total. The van der Waals surface area contributed by atoms with E-state index in [1.165, 1.54) is 13.2 Å². The summed E-state index contributed by atoms with van der Waals surface area (Å²) in [6.07, 6.45) is 2.32. The number of rotatable bonds is 4. The molecule has 27 heavy (non-hydrogen) atoms. The molecule has 1 rings (SSSR count). The van der Waals surface area contributed by atoms with Gasteiger partial charge in [-0.2, -0.15) is 0 Å². The number of anilines is 1. The van der Waals surface area contributed by atoms with Crippen molar-refractivity contribution in [2.45, 2.75) is 52.4 Å². The van der Waals surface area contributed by atoms with Gasteiger partial charge in [-0.1, -0.05) is 41.5 Å². The van der Waals surface area contributed by atoms with E-state index in [0.29, 0.717) is 11.4 Å². The minimum absolute atomic E-state index is 0.225. The van der Waals surface area contributed by atoms with Crippen LogP contribution in [0.1, 0.15) is 52.7 Å². The van der Waals surface area contributed by atoms with Crippen molar-refractivity contribution < 1.29 is 19.1 Å². The standard InChI is InChI=1S/C21H32N2O4/c1-20(2,3)14-12-15(21(4,5)6)17(27-19(25)26-9)13-16(14)22-18(24)10-11-23(7)8/h10-13H,1-9H3,(H,22,24). The predicted molar refractivity (Wildman–Crippen MR) is 108 cm³/mol. The Bertz CT molecular complexity index is 723. The number of hydrogen-bond acceptors (Lipinski definition) is 5. The first-order valence-electron chi connectivity index (χ1n) is 8.86. The van der Waals surface area contributed by atoms with Gasteiger partial charge in [0.15, 0.2) is 0 Å². The van der Waals surface area contributed by atoms with Crippen LogP contribution < -0.4 is 10.1 Å². The second-order valence-corrected chi connectivity index (χ2v) is 8.72. The third-order valence-electron chi connectivity index (χ3n) is 3.88. The van der Waals surface area contributed by atoms with Gasteiger partial charge in [-0.25, -0.2) is 4.79 Å². The average molecular weight is 376 g/mol. The molecule has 0 spiro atoms. The highest BCUT2D eigenvalue weighted by molar-refractivity contribution is 6.00. The lowest BCUT2D eigenvalue weighted by molar-refractivity contribution is -0.112. The highest BCUT2D eigenvalue weighted by Crippen LogP contribution is 2.40. The molecule has 1 amide bonds. The summed E-state index contributed by atoms with van der Waals surface area (Å²) in [4.78, 5) is 25.8. The molecule has 0 atom stereocenters. The van der Waals surface area contributed by atoms with E-state index in [9.17, 15) is 9.59 Å². The van der Waals surface area contributed by atoms with E-state index in [1.807, 2.05) is 40.9 Å². The van der Waals surface area contributed by atoms with Crippen molar-refractivity contribution in [3.63, 3.8) is 0 Å². The normalized spacial score (nSPS) is 12.0. The first-order chi connectivity index (χ1) is 12.3. The van der Waals surface area contributed by atoms with E-state index in [-0.39, 0.29) is 16.7 Å². The van der Waals surface area contributed by atoms with Crippen LogP contribution in [0, 0.1) is 0 Å². The van der Waals surface area contributed by atoms with Crippen LogP contribution in [0.15, 0.2) is 24.4 Å². The first-order valence-corrected chi connectivity index (χ1v) is 8.86. The first kappa shape index (κ1) is 22.5. The zero-order chi connectivity index (χ0) is 21.0. The van der Waals surface area contributed by atoms with Crippen molar-refractivity contribution >= 4 is 17.7 Å². The number of amides is 1. The molecule has 0 aliphatic rings. The van der Waals surface area contributed by atoms with Crippen molar-refractivity contribution in [2.24, 2.45) is 0 Å². The molecule has 0 aliphatic heterocycles. The van der Waals surface area contributed by atoms with Crippen molar-refractivity contribution in [3.8, 4) is 5.75 Å². The third-order valence-corrected chi connectivity index (χ3v) is 3.88. The summed E-state index contributed by atoms with van der Waals surface area (Å²) >= 11 is 0. The number of carbonyl (C=O) groups is 2. The summed E-state index contributed by atoms with van der Waals surface area (Å²) in [5.41, 5.74) is 1.92. The SMILES string of the molecule is COC(=O)Oc1cc(NC(=O)C=CN(C)C)c(C(C)(C)C)cc1C(C)(C)C. The quantitative estimate of drug-likeness (QED) is 0.478. The maximum Gasteiger partial charge on any atom is 0.513 e. The monoisotopic (exact) mass is 376 g/mol. The van der Waals surface area contributed by atoms with Gasteiger partial charge >= 0.3 is 6.16 Å². The van der Waals surface area contributed by atoms with E-state index in [0.717, 1.165) is 11.1 Å². The van der Waals surface area contributed by atoms with Crippen LogP contribution in [-0.4, -0.2) is 38.2 Å². The molecular formula is C21H32N2O4. The molecule has 0 saturated heterocycles. The van der Waals surface area contributed by atoms with Gasteiger partial charge in [0.2, 0.25) is 5.91 Å². The molecule has 0 fully saturated rings. The number of hydrogen-bond donors (Lipinski definition) is 1. The van der Waals surface area contributed by atoms with E-state index in [4.69, 9.17) is 4.74 Å². The lowest BCUT2D eigenvalue weighted by atomic mass is 9.79. The summed E-state index contributed by atoms with van der Waals surface area (Å²) in [7, 11) is 4.94. The van der Waals surface area contributed by atoms with Crippen molar-refractivity contribution in [3.05, 3.63) is 35.5 Å². The molecule has 1 aromatic rings. The van der Waals surface area contributed by atoms with Crippen LogP contribution >= 0.6 is 0 Å². The summed E-state index contributed by atoms with van der Waals surface area (Å²) in [5, 5.41) is 2.90. The van der Waals surface area contributed by atoms with Crippen LogP contribution in [0.2, 0.25) is 0 Å². The fraction of sp³-hybridized carbons (Fsp3) is 0.524. The Hall–Kier alpha value is -2.50. The van der Waals surface area contributed by atoms with Crippen LogP contribution in [0.4, 0.5) is 10.5 Å².